The molecular weight excluding hydrogens is 424 g/mol. The fraction of sp³-hybridized carbons (Fsp3) is 0.318. The fourth-order valence-electron chi connectivity index (χ4n) is 2.53. The van der Waals surface area contributed by atoms with E-state index >= 15 is 0 Å². The lowest BCUT2D eigenvalue weighted by Gasteiger charge is -2.32. The summed E-state index contributed by atoms with van der Waals surface area (Å²) in [5.74, 6) is -2.26. The van der Waals surface area contributed by atoms with Crippen molar-refractivity contribution in [1.82, 2.24) is 0 Å². The first kappa shape index (κ1) is 21.8. The number of hydrogen-bond donors (Lipinski definition) is 0. The third kappa shape index (κ3) is 5.52. The largest absolute Gasteiger partial charge is 0.457 e. The highest BCUT2D eigenvalue weighted by Gasteiger charge is 2.50. The van der Waals surface area contributed by atoms with E-state index in [0.717, 1.165) is 4.47 Å². The molecule has 2 rings (SSSR count). The van der Waals surface area contributed by atoms with E-state index < -0.39 is 28.9 Å². The van der Waals surface area contributed by atoms with Crippen LogP contribution in [0.25, 0.3) is 0 Å². The second-order valence-electron chi connectivity index (χ2n) is 7.44. The van der Waals surface area contributed by atoms with Crippen molar-refractivity contribution in [3.8, 4) is 0 Å². The molecule has 0 N–H and O–H groups in total. The third-order valence-corrected chi connectivity index (χ3v) is 4.47. The molecule has 0 aromatic heterocycles. The smallest absolute Gasteiger partial charge is 0.359 e. The molecular formula is C22H23BrO5. The fourth-order valence-corrected chi connectivity index (χ4v) is 2.80. The summed E-state index contributed by atoms with van der Waals surface area (Å²) in [7, 11) is 0. The minimum atomic E-state index is -2.08. The third-order valence-electron chi connectivity index (χ3n) is 3.94. The lowest BCUT2D eigenvalue weighted by molar-refractivity contribution is -0.180. The molecule has 5 nitrogen and oxygen atoms in total. The van der Waals surface area contributed by atoms with Crippen LogP contribution in [0.2, 0.25) is 0 Å². The van der Waals surface area contributed by atoms with Gasteiger partial charge in [0.15, 0.2) is 5.78 Å². The molecule has 0 aliphatic rings. The maximum atomic E-state index is 13.0. The zero-order valence-electron chi connectivity index (χ0n) is 16.3. The van der Waals surface area contributed by atoms with Crippen LogP contribution < -0.4 is 0 Å². The molecule has 0 saturated heterocycles. The summed E-state index contributed by atoms with van der Waals surface area (Å²) in [5, 5.41) is 0. The molecule has 1 atom stereocenters. The van der Waals surface area contributed by atoms with Crippen LogP contribution in [0.4, 0.5) is 0 Å². The van der Waals surface area contributed by atoms with Crippen molar-refractivity contribution in [2.75, 3.05) is 0 Å². The Hall–Kier alpha value is -2.47. The molecule has 0 saturated carbocycles. The predicted molar refractivity (Wildman–Crippen MR) is 109 cm³/mol. The minimum absolute atomic E-state index is 0.122. The first-order valence-corrected chi connectivity index (χ1v) is 9.60. The monoisotopic (exact) mass is 446 g/mol. The van der Waals surface area contributed by atoms with E-state index in [2.05, 4.69) is 15.9 Å². The maximum absolute atomic E-state index is 13.0. The second-order valence-corrected chi connectivity index (χ2v) is 8.36. The van der Waals surface area contributed by atoms with E-state index in [1.807, 2.05) is 0 Å². The number of ether oxygens (including phenoxy) is 2. The molecule has 0 spiro atoms. The van der Waals surface area contributed by atoms with Gasteiger partial charge in [-0.25, -0.2) is 9.59 Å². The Morgan fingerprint density at radius 1 is 0.893 bits per heavy atom. The van der Waals surface area contributed by atoms with Crippen molar-refractivity contribution in [3.05, 3.63) is 70.2 Å². The van der Waals surface area contributed by atoms with Crippen LogP contribution in [0.3, 0.4) is 0 Å². The van der Waals surface area contributed by atoms with Crippen LogP contribution in [-0.2, 0) is 25.5 Å². The van der Waals surface area contributed by atoms with Gasteiger partial charge in [0, 0.05) is 10.9 Å². The zero-order chi connectivity index (χ0) is 20.9. The summed E-state index contributed by atoms with van der Waals surface area (Å²) in [5.41, 5.74) is -2.03. The highest BCUT2D eigenvalue weighted by molar-refractivity contribution is 9.10. The van der Waals surface area contributed by atoms with Crippen molar-refractivity contribution in [1.29, 1.82) is 0 Å². The molecule has 0 amide bonds. The molecule has 0 bridgehead atoms. The lowest BCUT2D eigenvalue weighted by atomic mass is 9.90. The quantitative estimate of drug-likeness (QED) is 0.481. The minimum Gasteiger partial charge on any atom is -0.457 e. The molecule has 0 aliphatic heterocycles. The van der Waals surface area contributed by atoms with Gasteiger partial charge in [0.1, 0.15) is 5.60 Å². The van der Waals surface area contributed by atoms with Crippen LogP contribution in [-0.4, -0.2) is 28.9 Å². The Labute approximate surface area is 173 Å². The highest BCUT2D eigenvalue weighted by Crippen LogP contribution is 2.27. The van der Waals surface area contributed by atoms with Gasteiger partial charge in [0.05, 0.1) is 5.56 Å². The van der Waals surface area contributed by atoms with Crippen LogP contribution in [0.1, 0.15) is 43.6 Å². The van der Waals surface area contributed by atoms with E-state index in [1.165, 1.54) is 6.92 Å². The topological polar surface area (TPSA) is 69.7 Å². The molecule has 28 heavy (non-hydrogen) atoms. The number of hydrogen-bond acceptors (Lipinski definition) is 5. The van der Waals surface area contributed by atoms with Crippen LogP contribution in [0, 0.1) is 0 Å². The summed E-state index contributed by atoms with van der Waals surface area (Å²) >= 11 is 3.35. The van der Waals surface area contributed by atoms with E-state index in [1.54, 1.807) is 75.4 Å². The number of benzene rings is 2. The Kier molecular flexibility index (Phi) is 6.77. The molecule has 148 valence electrons. The van der Waals surface area contributed by atoms with Crippen molar-refractivity contribution >= 4 is 33.7 Å². The van der Waals surface area contributed by atoms with Gasteiger partial charge in [-0.1, -0.05) is 46.3 Å². The first-order valence-electron chi connectivity index (χ1n) is 8.81. The van der Waals surface area contributed by atoms with Gasteiger partial charge in [-0.3, -0.25) is 4.79 Å². The molecule has 0 unspecified atom stereocenters. The van der Waals surface area contributed by atoms with Crippen LogP contribution in [0.5, 0.6) is 0 Å². The molecule has 2 aromatic carbocycles. The van der Waals surface area contributed by atoms with Gasteiger partial charge in [-0.15, -0.1) is 0 Å². The first-order chi connectivity index (χ1) is 13.0. The zero-order valence-corrected chi connectivity index (χ0v) is 17.9. The Morgan fingerprint density at radius 3 is 1.96 bits per heavy atom. The molecule has 0 fully saturated rings. The summed E-state index contributed by atoms with van der Waals surface area (Å²) in [6.07, 6.45) is -0.122. The predicted octanol–water partition coefficient (Wildman–Crippen LogP) is 4.52. The highest BCUT2D eigenvalue weighted by atomic mass is 79.9. The molecule has 6 heteroatoms. The summed E-state index contributed by atoms with van der Waals surface area (Å²) in [4.78, 5) is 38.4. The summed E-state index contributed by atoms with van der Waals surface area (Å²) in [6.45, 7) is 6.29. The summed E-state index contributed by atoms with van der Waals surface area (Å²) in [6, 6.07) is 15.3. The molecule has 0 aliphatic carbocycles. The van der Waals surface area contributed by atoms with Gasteiger partial charge in [0.2, 0.25) is 0 Å². The average Bonchev–Trinajstić information content (AvgIpc) is 2.62. The number of halogens is 1. The van der Waals surface area contributed by atoms with Crippen LogP contribution >= 0.6 is 15.9 Å². The summed E-state index contributed by atoms with van der Waals surface area (Å²) < 4.78 is 11.9. The standard InChI is InChI=1S/C22H23BrO5/c1-15(24)22(20(26)28-21(2,3)4,14-16-10-12-18(23)13-11-16)27-19(25)17-8-6-5-7-9-17/h5-13H,14H2,1-4H3/t22-/m1/s1. The van der Waals surface area contributed by atoms with Gasteiger partial charge in [-0.05, 0) is 57.5 Å². The normalized spacial score (nSPS) is 13.3. The molecule has 0 radical (unpaired) electrons. The van der Waals surface area contributed by atoms with Gasteiger partial charge < -0.3 is 9.47 Å². The molecule has 0 heterocycles. The number of esters is 2. The number of carbonyl (C=O) groups excluding carboxylic acids is 3. The molecule has 2 aromatic rings. The number of carbonyl (C=O) groups is 3. The number of Topliss-reactive ketones (excluding diaryl/α,β-unsaturated/α-hetero) is 1. The SMILES string of the molecule is CC(=O)[C@@](Cc1ccc(Br)cc1)(OC(=O)c1ccccc1)C(=O)OC(C)(C)C. The Bertz CT molecular complexity index is 853. The second kappa shape index (κ2) is 8.69. The van der Waals surface area contributed by atoms with Crippen LogP contribution in [0.15, 0.2) is 59.1 Å². The average molecular weight is 447 g/mol. The van der Waals surface area contributed by atoms with Crippen molar-refractivity contribution in [2.45, 2.75) is 45.3 Å². The number of ketones is 1. The van der Waals surface area contributed by atoms with E-state index in [4.69, 9.17) is 9.47 Å². The van der Waals surface area contributed by atoms with E-state index in [0.29, 0.717) is 5.56 Å². The van der Waals surface area contributed by atoms with Gasteiger partial charge in [-0.2, -0.15) is 0 Å². The van der Waals surface area contributed by atoms with E-state index in [-0.39, 0.29) is 12.0 Å². The maximum Gasteiger partial charge on any atom is 0.359 e. The van der Waals surface area contributed by atoms with E-state index in [9.17, 15) is 14.4 Å². The Morgan fingerprint density at radius 2 is 1.46 bits per heavy atom. The van der Waals surface area contributed by atoms with Gasteiger partial charge >= 0.3 is 11.9 Å². The van der Waals surface area contributed by atoms with Gasteiger partial charge in [0.25, 0.3) is 5.60 Å². The Balaban J connectivity index is 2.46. The van der Waals surface area contributed by atoms with Crippen molar-refractivity contribution in [3.63, 3.8) is 0 Å². The van der Waals surface area contributed by atoms with Crippen molar-refractivity contribution < 1.29 is 23.9 Å². The van der Waals surface area contributed by atoms with Crippen molar-refractivity contribution in [2.24, 2.45) is 0 Å². The number of rotatable bonds is 6. The lowest BCUT2D eigenvalue weighted by Crippen LogP contribution is -2.54.